The van der Waals surface area contributed by atoms with Gasteiger partial charge in [0.15, 0.2) is 0 Å². The molecule has 0 aliphatic heterocycles. The molecule has 1 aromatic rings. The fourth-order valence-electron chi connectivity index (χ4n) is 0.559. The second-order valence-corrected chi connectivity index (χ2v) is 3.23. The number of esters is 1. The third-order valence-electron chi connectivity index (χ3n) is 1.46. The van der Waals surface area contributed by atoms with Crippen LogP contribution < -0.4 is 0 Å². The van der Waals surface area contributed by atoms with Crippen LogP contribution in [0.4, 0.5) is 0 Å². The van der Waals surface area contributed by atoms with Crippen LogP contribution in [0.25, 0.3) is 0 Å². The van der Waals surface area contributed by atoms with Crippen LogP contribution >= 0.6 is 0 Å². The standard InChI is InChI=1S/C6H6.C5H8O2.C4H6.C3H3N/c1-2-4-6-5-3-1;1-4(2)5(6)7-3;1-3-4-2;1-2-3-4/h1-6H;1H2,2-3H3;3-4H,1-2H2;2H,1H2. The Labute approximate surface area is 128 Å². The Morgan fingerprint density at radius 2 is 1.33 bits per heavy atom. The molecular formula is C18H23NO2. The SMILES string of the molecule is C=C(C)C(=O)OC.C=CC#N.C=CC=C.c1ccccc1. The van der Waals surface area contributed by atoms with E-state index in [1.807, 2.05) is 36.4 Å². The summed E-state index contributed by atoms with van der Waals surface area (Å²) in [4.78, 5) is 10.2. The van der Waals surface area contributed by atoms with E-state index in [2.05, 4.69) is 31.1 Å². The van der Waals surface area contributed by atoms with E-state index in [-0.39, 0.29) is 5.97 Å². The number of methoxy groups -OCH3 is 1. The van der Waals surface area contributed by atoms with E-state index in [0.29, 0.717) is 5.57 Å². The van der Waals surface area contributed by atoms with E-state index >= 15 is 0 Å². The van der Waals surface area contributed by atoms with Gasteiger partial charge in [-0.25, -0.2) is 4.79 Å². The number of nitriles is 1. The summed E-state index contributed by atoms with van der Waals surface area (Å²) in [7, 11) is 1.33. The summed E-state index contributed by atoms with van der Waals surface area (Å²) >= 11 is 0. The van der Waals surface area contributed by atoms with Crippen LogP contribution in [-0.4, -0.2) is 13.1 Å². The van der Waals surface area contributed by atoms with E-state index in [9.17, 15) is 4.79 Å². The van der Waals surface area contributed by atoms with Gasteiger partial charge < -0.3 is 4.74 Å². The Bertz CT molecular complexity index is 409. The average Bonchev–Trinajstić information content (AvgIpc) is 2.56. The van der Waals surface area contributed by atoms with Crippen molar-refractivity contribution in [1.82, 2.24) is 0 Å². The van der Waals surface area contributed by atoms with Gasteiger partial charge in [0.05, 0.1) is 13.2 Å². The zero-order valence-corrected chi connectivity index (χ0v) is 12.8. The van der Waals surface area contributed by atoms with Crippen molar-refractivity contribution in [2.24, 2.45) is 0 Å². The van der Waals surface area contributed by atoms with Gasteiger partial charge in [-0.15, -0.1) is 0 Å². The zero-order chi connectivity index (χ0) is 16.9. The highest BCUT2D eigenvalue weighted by atomic mass is 16.5. The largest absolute Gasteiger partial charge is 0.466 e. The summed E-state index contributed by atoms with van der Waals surface area (Å²) < 4.78 is 4.27. The van der Waals surface area contributed by atoms with Gasteiger partial charge in [0.2, 0.25) is 0 Å². The smallest absolute Gasteiger partial charge is 0.332 e. The Hall–Kier alpha value is -2.86. The van der Waals surface area contributed by atoms with Crippen LogP contribution in [0.5, 0.6) is 0 Å². The van der Waals surface area contributed by atoms with Crippen LogP contribution in [0.1, 0.15) is 6.92 Å². The molecule has 1 aromatic carbocycles. The molecule has 1 rings (SSSR count). The predicted molar refractivity (Wildman–Crippen MR) is 89.5 cm³/mol. The topological polar surface area (TPSA) is 50.1 Å². The molecule has 0 N–H and O–H groups in total. The molecule has 0 aliphatic rings. The monoisotopic (exact) mass is 285 g/mol. The number of rotatable bonds is 2. The van der Waals surface area contributed by atoms with E-state index in [1.54, 1.807) is 25.1 Å². The Morgan fingerprint density at radius 3 is 1.38 bits per heavy atom. The van der Waals surface area contributed by atoms with Gasteiger partial charge >= 0.3 is 5.97 Å². The molecule has 0 aromatic heterocycles. The summed E-state index contributed by atoms with van der Waals surface area (Å²) in [6.07, 6.45) is 4.46. The van der Waals surface area contributed by atoms with E-state index in [4.69, 9.17) is 5.26 Å². The van der Waals surface area contributed by atoms with E-state index in [1.165, 1.54) is 13.2 Å². The third-order valence-corrected chi connectivity index (χ3v) is 1.46. The van der Waals surface area contributed by atoms with Crippen molar-refractivity contribution in [3.63, 3.8) is 0 Å². The first-order valence-electron chi connectivity index (χ1n) is 5.99. The fraction of sp³-hybridized carbons (Fsp3) is 0.111. The number of hydrogen-bond acceptors (Lipinski definition) is 3. The lowest BCUT2D eigenvalue weighted by Crippen LogP contribution is -1.98. The second-order valence-electron chi connectivity index (χ2n) is 3.23. The number of carbonyl (C=O) groups excluding carboxylic acids is 1. The van der Waals surface area contributed by atoms with Crippen LogP contribution in [-0.2, 0) is 9.53 Å². The summed E-state index contributed by atoms with van der Waals surface area (Å²) in [6.45, 7) is 14.8. The summed E-state index contributed by atoms with van der Waals surface area (Å²) in [5, 5.41) is 7.51. The maximum Gasteiger partial charge on any atom is 0.332 e. The van der Waals surface area contributed by atoms with Crippen molar-refractivity contribution in [3.8, 4) is 6.07 Å². The van der Waals surface area contributed by atoms with Gasteiger partial charge in [-0.05, 0) is 6.92 Å². The van der Waals surface area contributed by atoms with Crippen molar-refractivity contribution in [2.75, 3.05) is 7.11 Å². The highest BCUT2D eigenvalue weighted by Gasteiger charge is 1.95. The van der Waals surface area contributed by atoms with Crippen LogP contribution in [0.2, 0.25) is 0 Å². The third kappa shape index (κ3) is 31.7. The molecule has 0 amide bonds. The number of allylic oxidation sites excluding steroid dienone is 3. The van der Waals surface area contributed by atoms with E-state index < -0.39 is 0 Å². The lowest BCUT2D eigenvalue weighted by molar-refractivity contribution is -0.136. The second kappa shape index (κ2) is 22.3. The molecule has 0 atom stereocenters. The molecule has 0 bridgehead atoms. The highest BCUT2D eigenvalue weighted by Crippen LogP contribution is 1.87. The molecule has 3 heteroatoms. The molecule has 21 heavy (non-hydrogen) atoms. The van der Waals surface area contributed by atoms with Crippen LogP contribution in [0.3, 0.4) is 0 Å². The van der Waals surface area contributed by atoms with Crippen molar-refractivity contribution in [2.45, 2.75) is 6.92 Å². The maximum atomic E-state index is 10.2. The van der Waals surface area contributed by atoms with Crippen molar-refractivity contribution < 1.29 is 9.53 Å². The first kappa shape index (κ1) is 23.2. The zero-order valence-electron chi connectivity index (χ0n) is 12.8. The van der Waals surface area contributed by atoms with Gasteiger partial charge in [-0.3, -0.25) is 0 Å². The molecule has 0 unspecified atom stereocenters. The number of nitrogens with zero attached hydrogens (tertiary/aromatic N) is 1. The fourth-order valence-corrected chi connectivity index (χ4v) is 0.559. The normalized spacial score (nSPS) is 6.52. The minimum atomic E-state index is -0.347. The average molecular weight is 285 g/mol. The first-order valence-corrected chi connectivity index (χ1v) is 5.99. The molecule has 0 radical (unpaired) electrons. The molecule has 0 saturated heterocycles. The molecule has 0 heterocycles. The molecule has 0 aliphatic carbocycles. The number of benzene rings is 1. The summed E-state index contributed by atoms with van der Waals surface area (Å²) in [5.74, 6) is -0.347. The molecule has 0 fully saturated rings. The van der Waals surface area contributed by atoms with Gasteiger partial charge in [0, 0.05) is 11.6 Å². The summed E-state index contributed by atoms with van der Waals surface area (Å²) in [5.41, 5.74) is 0.433. The molecule has 0 saturated carbocycles. The lowest BCUT2D eigenvalue weighted by Gasteiger charge is -1.91. The minimum absolute atomic E-state index is 0.347. The molecule has 0 spiro atoms. The molecule has 3 nitrogen and oxygen atoms in total. The number of hydrogen-bond donors (Lipinski definition) is 0. The number of ether oxygens (including phenoxy) is 1. The van der Waals surface area contributed by atoms with Gasteiger partial charge in [0.25, 0.3) is 0 Å². The van der Waals surface area contributed by atoms with Crippen molar-refractivity contribution >= 4 is 5.97 Å². The summed E-state index contributed by atoms with van der Waals surface area (Å²) in [6, 6.07) is 13.7. The minimum Gasteiger partial charge on any atom is -0.466 e. The van der Waals surface area contributed by atoms with Crippen LogP contribution in [0.15, 0.2) is 86.5 Å². The number of carbonyl (C=O) groups is 1. The van der Waals surface area contributed by atoms with E-state index in [0.717, 1.165) is 0 Å². The van der Waals surface area contributed by atoms with Gasteiger partial charge in [-0.2, -0.15) is 5.26 Å². The maximum absolute atomic E-state index is 10.2. The Morgan fingerprint density at radius 1 is 1.05 bits per heavy atom. The van der Waals surface area contributed by atoms with Crippen molar-refractivity contribution in [1.29, 1.82) is 5.26 Å². The van der Waals surface area contributed by atoms with Gasteiger partial charge in [-0.1, -0.05) is 74.9 Å². The molecular weight excluding hydrogens is 262 g/mol. The predicted octanol–water partition coefficient (Wildman–Crippen LogP) is 4.48. The highest BCUT2D eigenvalue weighted by molar-refractivity contribution is 5.86. The Balaban J connectivity index is -0.000000213. The van der Waals surface area contributed by atoms with Crippen LogP contribution in [0, 0.1) is 11.3 Å². The van der Waals surface area contributed by atoms with Gasteiger partial charge in [0.1, 0.15) is 0 Å². The molecule has 112 valence electrons. The first-order chi connectivity index (χ1) is 10.0. The quantitative estimate of drug-likeness (QED) is 0.348. The van der Waals surface area contributed by atoms with Crippen molar-refractivity contribution in [3.05, 3.63) is 86.5 Å². The lowest BCUT2D eigenvalue weighted by atomic mass is 10.4. The Kier molecular flexibility index (Phi) is 24.7.